The van der Waals surface area contributed by atoms with Crippen LogP contribution in [-0.2, 0) is 4.79 Å². The van der Waals surface area contributed by atoms with Crippen LogP contribution in [0.1, 0.15) is 44.9 Å². The van der Waals surface area contributed by atoms with Gasteiger partial charge in [-0.3, -0.25) is 9.78 Å². The van der Waals surface area contributed by atoms with Crippen molar-refractivity contribution in [3.05, 3.63) is 18.5 Å². The van der Waals surface area contributed by atoms with Gasteiger partial charge in [-0.05, 0) is 24.8 Å². The number of hydrogen-bond donors (Lipinski definition) is 2. The Hall–Kier alpha value is -1.58. The molecule has 2 rings (SSSR count). The molecule has 0 spiro atoms. The number of amides is 1. The average molecular weight is 247 g/mol. The van der Waals surface area contributed by atoms with Crippen molar-refractivity contribution in [2.75, 3.05) is 11.1 Å². The zero-order valence-electron chi connectivity index (χ0n) is 10.7. The first-order chi connectivity index (χ1) is 8.75. The second-order valence-corrected chi connectivity index (χ2v) is 5.07. The summed E-state index contributed by atoms with van der Waals surface area (Å²) < 4.78 is 0. The van der Waals surface area contributed by atoms with Gasteiger partial charge in [0.1, 0.15) is 0 Å². The molecule has 0 saturated heterocycles. The number of carbonyl (C=O) groups is 1. The third-order valence-electron chi connectivity index (χ3n) is 3.57. The molecule has 0 radical (unpaired) electrons. The van der Waals surface area contributed by atoms with Crippen molar-refractivity contribution in [3.63, 3.8) is 0 Å². The smallest absolute Gasteiger partial charge is 0.224 e. The fourth-order valence-electron chi connectivity index (χ4n) is 2.55. The second kappa shape index (κ2) is 6.38. The Labute approximate surface area is 108 Å². The number of rotatable bonds is 3. The minimum absolute atomic E-state index is 0.0693. The van der Waals surface area contributed by atoms with E-state index < -0.39 is 0 Å². The molecule has 4 nitrogen and oxygen atoms in total. The van der Waals surface area contributed by atoms with Crippen LogP contribution in [0.5, 0.6) is 0 Å². The molecule has 1 saturated carbocycles. The van der Waals surface area contributed by atoms with E-state index in [2.05, 4.69) is 10.3 Å². The van der Waals surface area contributed by atoms with Gasteiger partial charge in [0, 0.05) is 12.6 Å². The van der Waals surface area contributed by atoms with Gasteiger partial charge in [0.15, 0.2) is 0 Å². The van der Waals surface area contributed by atoms with Gasteiger partial charge in [-0.25, -0.2) is 0 Å². The number of nitrogen functional groups attached to an aromatic ring is 1. The summed E-state index contributed by atoms with van der Waals surface area (Å²) in [7, 11) is 0. The molecule has 1 aliphatic rings. The molecule has 1 amide bonds. The standard InChI is InChI=1S/C14H21N3O/c15-12-10-16-8-7-13(12)17-14(18)9-11-5-3-1-2-4-6-11/h7-8,10-11H,1-6,9,15H2,(H,16,17,18). The molecule has 0 unspecified atom stereocenters. The maximum Gasteiger partial charge on any atom is 0.224 e. The van der Waals surface area contributed by atoms with Crippen LogP contribution in [0.15, 0.2) is 18.5 Å². The lowest BCUT2D eigenvalue weighted by Gasteiger charge is -2.14. The summed E-state index contributed by atoms with van der Waals surface area (Å²) in [5.74, 6) is 0.607. The quantitative estimate of drug-likeness (QED) is 0.807. The maximum atomic E-state index is 12.0. The normalized spacial score (nSPS) is 17.1. The van der Waals surface area contributed by atoms with Gasteiger partial charge in [0.25, 0.3) is 0 Å². The second-order valence-electron chi connectivity index (χ2n) is 5.07. The van der Waals surface area contributed by atoms with Crippen molar-refractivity contribution < 1.29 is 4.79 Å². The topological polar surface area (TPSA) is 68.0 Å². The summed E-state index contributed by atoms with van der Waals surface area (Å²) in [5.41, 5.74) is 6.94. The minimum atomic E-state index is 0.0693. The molecule has 18 heavy (non-hydrogen) atoms. The molecule has 0 bridgehead atoms. The maximum absolute atomic E-state index is 12.0. The van der Waals surface area contributed by atoms with Crippen LogP contribution >= 0.6 is 0 Å². The van der Waals surface area contributed by atoms with Crippen LogP contribution < -0.4 is 11.1 Å². The van der Waals surface area contributed by atoms with E-state index in [0.717, 1.165) is 0 Å². The molecule has 1 heterocycles. The molecule has 3 N–H and O–H groups in total. The highest BCUT2D eigenvalue weighted by Gasteiger charge is 2.16. The van der Waals surface area contributed by atoms with Crippen LogP contribution in [-0.4, -0.2) is 10.9 Å². The lowest BCUT2D eigenvalue weighted by atomic mass is 9.96. The number of hydrogen-bond acceptors (Lipinski definition) is 3. The Morgan fingerprint density at radius 3 is 2.72 bits per heavy atom. The lowest BCUT2D eigenvalue weighted by Crippen LogP contribution is -2.17. The van der Waals surface area contributed by atoms with Crippen molar-refractivity contribution >= 4 is 17.3 Å². The molecular formula is C14H21N3O. The molecule has 4 heteroatoms. The molecule has 98 valence electrons. The van der Waals surface area contributed by atoms with E-state index in [9.17, 15) is 4.79 Å². The first kappa shape index (κ1) is 12.9. The van der Waals surface area contributed by atoms with Crippen molar-refractivity contribution in [1.82, 2.24) is 4.98 Å². The summed E-state index contributed by atoms with van der Waals surface area (Å²) >= 11 is 0. The number of nitrogens with one attached hydrogen (secondary N) is 1. The zero-order chi connectivity index (χ0) is 12.8. The van der Waals surface area contributed by atoms with Gasteiger partial charge < -0.3 is 11.1 Å². The number of nitrogens with two attached hydrogens (primary N) is 1. The molecule has 1 aliphatic carbocycles. The number of nitrogens with zero attached hydrogens (tertiary/aromatic N) is 1. The van der Waals surface area contributed by atoms with Crippen LogP contribution in [0.25, 0.3) is 0 Å². The molecule has 1 aromatic rings. The first-order valence-electron chi connectivity index (χ1n) is 6.75. The van der Waals surface area contributed by atoms with Gasteiger partial charge in [0.2, 0.25) is 5.91 Å². The van der Waals surface area contributed by atoms with Gasteiger partial charge in [-0.1, -0.05) is 25.7 Å². The third kappa shape index (κ3) is 3.72. The van der Waals surface area contributed by atoms with E-state index in [1.165, 1.54) is 38.5 Å². The van der Waals surface area contributed by atoms with Crippen molar-refractivity contribution in [2.45, 2.75) is 44.9 Å². The SMILES string of the molecule is Nc1cnccc1NC(=O)CC1CCCCCC1. The largest absolute Gasteiger partial charge is 0.396 e. The lowest BCUT2D eigenvalue weighted by molar-refractivity contribution is -0.117. The van der Waals surface area contributed by atoms with Crippen molar-refractivity contribution in [3.8, 4) is 0 Å². The monoisotopic (exact) mass is 247 g/mol. The van der Waals surface area contributed by atoms with Crippen LogP contribution in [0.4, 0.5) is 11.4 Å². The highest BCUT2D eigenvalue weighted by Crippen LogP contribution is 2.26. The van der Waals surface area contributed by atoms with Gasteiger partial charge in [-0.2, -0.15) is 0 Å². The molecule has 0 aromatic carbocycles. The Bertz CT molecular complexity index is 398. The Morgan fingerprint density at radius 1 is 1.33 bits per heavy atom. The van der Waals surface area contributed by atoms with Crippen molar-refractivity contribution in [2.24, 2.45) is 5.92 Å². The Morgan fingerprint density at radius 2 is 2.06 bits per heavy atom. The molecular weight excluding hydrogens is 226 g/mol. The molecule has 1 fully saturated rings. The van der Waals surface area contributed by atoms with Crippen LogP contribution in [0, 0.1) is 5.92 Å². The van der Waals surface area contributed by atoms with E-state index >= 15 is 0 Å². The fourth-order valence-corrected chi connectivity index (χ4v) is 2.55. The molecule has 1 aromatic heterocycles. The van der Waals surface area contributed by atoms with E-state index in [0.29, 0.717) is 23.7 Å². The molecule has 0 aliphatic heterocycles. The van der Waals surface area contributed by atoms with Crippen molar-refractivity contribution in [1.29, 1.82) is 0 Å². The van der Waals surface area contributed by atoms with Crippen LogP contribution in [0.2, 0.25) is 0 Å². The third-order valence-corrected chi connectivity index (χ3v) is 3.57. The molecule has 0 atom stereocenters. The summed E-state index contributed by atoms with van der Waals surface area (Å²) in [5, 5.41) is 2.87. The van der Waals surface area contributed by atoms with Crippen LogP contribution in [0.3, 0.4) is 0 Å². The fraction of sp³-hybridized carbons (Fsp3) is 0.571. The summed E-state index contributed by atoms with van der Waals surface area (Å²) in [6.07, 6.45) is 11.3. The summed E-state index contributed by atoms with van der Waals surface area (Å²) in [6, 6.07) is 1.74. The highest BCUT2D eigenvalue weighted by molar-refractivity contribution is 5.93. The summed E-state index contributed by atoms with van der Waals surface area (Å²) in [6.45, 7) is 0. The number of carbonyl (C=O) groups excluding carboxylic acids is 1. The number of pyridine rings is 1. The first-order valence-corrected chi connectivity index (χ1v) is 6.75. The minimum Gasteiger partial charge on any atom is -0.396 e. The summed E-state index contributed by atoms with van der Waals surface area (Å²) in [4.78, 5) is 15.9. The van der Waals surface area contributed by atoms with Gasteiger partial charge >= 0.3 is 0 Å². The predicted molar refractivity (Wildman–Crippen MR) is 73.1 cm³/mol. The zero-order valence-corrected chi connectivity index (χ0v) is 10.7. The predicted octanol–water partition coefficient (Wildman–Crippen LogP) is 2.96. The Balaban J connectivity index is 1.86. The average Bonchev–Trinajstić information content (AvgIpc) is 2.61. The van der Waals surface area contributed by atoms with E-state index in [1.54, 1.807) is 18.5 Å². The van der Waals surface area contributed by atoms with E-state index in [-0.39, 0.29) is 5.91 Å². The van der Waals surface area contributed by atoms with Gasteiger partial charge in [0.05, 0.1) is 17.6 Å². The van der Waals surface area contributed by atoms with E-state index in [1.807, 2.05) is 0 Å². The van der Waals surface area contributed by atoms with Gasteiger partial charge in [-0.15, -0.1) is 0 Å². The van der Waals surface area contributed by atoms with E-state index in [4.69, 9.17) is 5.73 Å². The highest BCUT2D eigenvalue weighted by atomic mass is 16.1. The number of aromatic nitrogens is 1. The Kier molecular flexibility index (Phi) is 4.56. The number of anilines is 2.